The molecule has 0 fully saturated rings. The zero-order valence-electron chi connectivity index (χ0n) is 10.7. The van der Waals surface area contributed by atoms with Gasteiger partial charge in [-0.25, -0.2) is 0 Å². The van der Waals surface area contributed by atoms with Gasteiger partial charge in [-0.05, 0) is 48.7 Å². The quantitative estimate of drug-likeness (QED) is 0.887. The number of nitriles is 1. The molecule has 2 aromatic rings. The lowest BCUT2D eigenvalue weighted by Gasteiger charge is -2.08. The van der Waals surface area contributed by atoms with Crippen LogP contribution in [0.25, 0.3) is 0 Å². The fraction of sp³-hybridized carbons (Fsp3) is 0.267. The van der Waals surface area contributed by atoms with Crippen LogP contribution >= 0.6 is 0 Å². The van der Waals surface area contributed by atoms with Crippen molar-refractivity contribution in [2.24, 2.45) is 0 Å². The highest BCUT2D eigenvalue weighted by Gasteiger charge is 2.02. The molecule has 1 N–H and O–H groups in total. The summed E-state index contributed by atoms with van der Waals surface area (Å²) in [7, 11) is 0. The Kier molecular flexibility index (Phi) is 3.69. The smallest absolute Gasteiger partial charge is 0.203 e. The van der Waals surface area contributed by atoms with Crippen LogP contribution in [0.15, 0.2) is 34.7 Å². The van der Waals surface area contributed by atoms with Crippen LogP contribution < -0.4 is 5.32 Å². The Balaban J connectivity index is 2.04. The van der Waals surface area contributed by atoms with E-state index in [1.165, 1.54) is 11.1 Å². The molecule has 1 heterocycles. The van der Waals surface area contributed by atoms with E-state index in [0.29, 0.717) is 12.3 Å². The zero-order valence-corrected chi connectivity index (χ0v) is 10.7. The number of aryl methyl sites for hydroxylation is 2. The molecule has 0 unspecified atom stereocenters. The van der Waals surface area contributed by atoms with Crippen molar-refractivity contribution in [2.75, 3.05) is 5.32 Å². The van der Waals surface area contributed by atoms with Gasteiger partial charge in [-0.3, -0.25) is 0 Å². The lowest BCUT2D eigenvalue weighted by Crippen LogP contribution is -1.99. The van der Waals surface area contributed by atoms with Crippen molar-refractivity contribution in [3.63, 3.8) is 0 Å². The van der Waals surface area contributed by atoms with E-state index in [4.69, 9.17) is 9.68 Å². The van der Waals surface area contributed by atoms with E-state index in [9.17, 15) is 0 Å². The molecule has 0 amide bonds. The highest BCUT2D eigenvalue weighted by atomic mass is 16.3. The second kappa shape index (κ2) is 5.42. The first-order valence-corrected chi connectivity index (χ1v) is 6.05. The Labute approximate surface area is 107 Å². The van der Waals surface area contributed by atoms with Gasteiger partial charge in [0.25, 0.3) is 0 Å². The largest absolute Gasteiger partial charge is 0.449 e. The Morgan fingerprint density at radius 2 is 2.11 bits per heavy atom. The second-order valence-corrected chi connectivity index (χ2v) is 4.23. The molecule has 0 radical (unpaired) electrons. The van der Waals surface area contributed by atoms with Crippen LogP contribution in [0.3, 0.4) is 0 Å². The summed E-state index contributed by atoms with van der Waals surface area (Å²) < 4.78 is 5.31. The van der Waals surface area contributed by atoms with Gasteiger partial charge < -0.3 is 9.73 Å². The van der Waals surface area contributed by atoms with E-state index in [0.717, 1.165) is 17.9 Å². The number of anilines is 1. The van der Waals surface area contributed by atoms with Crippen LogP contribution in [0.5, 0.6) is 0 Å². The number of furan rings is 1. The average molecular weight is 240 g/mol. The standard InChI is InChI=1S/C15H16N2O/c1-3-12-8-13(5-4-11(12)2)17-10-15-7-6-14(9-16)18-15/h4-8,17H,3,10H2,1-2H3. The maximum atomic E-state index is 8.67. The van der Waals surface area contributed by atoms with Crippen molar-refractivity contribution in [1.29, 1.82) is 5.26 Å². The van der Waals surface area contributed by atoms with Gasteiger partial charge in [-0.1, -0.05) is 13.0 Å². The third-order valence-electron chi connectivity index (χ3n) is 2.97. The van der Waals surface area contributed by atoms with Crippen molar-refractivity contribution in [1.82, 2.24) is 0 Å². The van der Waals surface area contributed by atoms with Gasteiger partial charge in [0, 0.05) is 5.69 Å². The molecule has 0 spiro atoms. The van der Waals surface area contributed by atoms with Crippen LogP contribution in [0.2, 0.25) is 0 Å². The summed E-state index contributed by atoms with van der Waals surface area (Å²) in [4.78, 5) is 0. The number of benzene rings is 1. The van der Waals surface area contributed by atoms with Gasteiger partial charge in [0.2, 0.25) is 5.76 Å². The molecule has 3 nitrogen and oxygen atoms in total. The molecule has 0 aliphatic rings. The Bertz CT molecular complexity index is 578. The van der Waals surface area contributed by atoms with E-state index in [1.807, 2.05) is 12.1 Å². The molecule has 1 aromatic carbocycles. The molecule has 0 bridgehead atoms. The third-order valence-corrected chi connectivity index (χ3v) is 2.97. The summed E-state index contributed by atoms with van der Waals surface area (Å²) in [6.07, 6.45) is 1.03. The third kappa shape index (κ3) is 2.72. The fourth-order valence-corrected chi connectivity index (χ4v) is 1.88. The minimum atomic E-state index is 0.352. The lowest BCUT2D eigenvalue weighted by molar-refractivity contribution is 0.506. The van der Waals surface area contributed by atoms with Crippen molar-refractivity contribution in [2.45, 2.75) is 26.8 Å². The normalized spacial score (nSPS) is 10.1. The monoisotopic (exact) mass is 240 g/mol. The molecule has 18 heavy (non-hydrogen) atoms. The number of rotatable bonds is 4. The number of hydrogen-bond donors (Lipinski definition) is 1. The molecule has 92 valence electrons. The summed E-state index contributed by atoms with van der Waals surface area (Å²) in [5.41, 5.74) is 3.73. The van der Waals surface area contributed by atoms with Gasteiger partial charge in [0.05, 0.1) is 6.54 Å². The molecule has 0 saturated carbocycles. The molecular formula is C15H16N2O. The van der Waals surface area contributed by atoms with Gasteiger partial charge in [-0.2, -0.15) is 5.26 Å². The molecule has 0 atom stereocenters. The average Bonchev–Trinajstić information content (AvgIpc) is 2.86. The number of hydrogen-bond acceptors (Lipinski definition) is 3. The second-order valence-electron chi connectivity index (χ2n) is 4.23. The zero-order chi connectivity index (χ0) is 13.0. The van der Waals surface area contributed by atoms with E-state index >= 15 is 0 Å². The minimum Gasteiger partial charge on any atom is -0.449 e. The van der Waals surface area contributed by atoms with Gasteiger partial charge in [0.15, 0.2) is 0 Å². The van der Waals surface area contributed by atoms with Crippen molar-refractivity contribution in [3.05, 3.63) is 53.0 Å². The Hall–Kier alpha value is -2.21. The van der Waals surface area contributed by atoms with Crippen molar-refractivity contribution in [3.8, 4) is 6.07 Å². The first kappa shape index (κ1) is 12.3. The maximum Gasteiger partial charge on any atom is 0.203 e. The molecule has 1 aromatic heterocycles. The summed E-state index contributed by atoms with van der Waals surface area (Å²) in [5.74, 6) is 1.12. The number of nitrogens with zero attached hydrogens (tertiary/aromatic N) is 1. The SMILES string of the molecule is CCc1cc(NCc2ccc(C#N)o2)ccc1C. The van der Waals surface area contributed by atoms with Crippen molar-refractivity contribution >= 4 is 5.69 Å². The van der Waals surface area contributed by atoms with Crippen LogP contribution in [0.4, 0.5) is 5.69 Å². The van der Waals surface area contributed by atoms with Crippen LogP contribution in [0.1, 0.15) is 29.6 Å². The topological polar surface area (TPSA) is 49.0 Å². The highest BCUT2D eigenvalue weighted by Crippen LogP contribution is 2.17. The predicted octanol–water partition coefficient (Wildman–Crippen LogP) is 3.63. The predicted molar refractivity (Wildman–Crippen MR) is 71.3 cm³/mol. The molecule has 0 saturated heterocycles. The minimum absolute atomic E-state index is 0.352. The van der Waals surface area contributed by atoms with Gasteiger partial charge >= 0.3 is 0 Å². The molecule has 3 heteroatoms. The van der Waals surface area contributed by atoms with E-state index < -0.39 is 0 Å². The fourth-order valence-electron chi connectivity index (χ4n) is 1.88. The van der Waals surface area contributed by atoms with E-state index in [-0.39, 0.29) is 0 Å². The molecular weight excluding hydrogens is 224 g/mol. The Morgan fingerprint density at radius 3 is 2.78 bits per heavy atom. The summed E-state index contributed by atoms with van der Waals surface area (Å²) in [6, 6.07) is 11.8. The first-order chi connectivity index (χ1) is 8.72. The van der Waals surface area contributed by atoms with E-state index in [1.54, 1.807) is 6.07 Å². The van der Waals surface area contributed by atoms with Crippen molar-refractivity contribution < 1.29 is 4.42 Å². The molecule has 2 rings (SSSR count). The highest BCUT2D eigenvalue weighted by molar-refractivity contribution is 5.48. The maximum absolute atomic E-state index is 8.67. The first-order valence-electron chi connectivity index (χ1n) is 6.05. The van der Waals surface area contributed by atoms with Crippen LogP contribution in [-0.4, -0.2) is 0 Å². The number of nitrogens with one attached hydrogen (secondary N) is 1. The molecule has 0 aliphatic heterocycles. The van der Waals surface area contributed by atoms with E-state index in [2.05, 4.69) is 37.4 Å². The molecule has 0 aliphatic carbocycles. The van der Waals surface area contributed by atoms with Gasteiger partial charge in [0.1, 0.15) is 11.8 Å². The lowest BCUT2D eigenvalue weighted by atomic mass is 10.1. The summed E-state index contributed by atoms with van der Waals surface area (Å²) in [5, 5.41) is 12.0. The summed E-state index contributed by atoms with van der Waals surface area (Å²) >= 11 is 0. The summed E-state index contributed by atoms with van der Waals surface area (Å²) in [6.45, 7) is 4.86. The van der Waals surface area contributed by atoms with Crippen LogP contribution in [-0.2, 0) is 13.0 Å². The van der Waals surface area contributed by atoms with Crippen LogP contribution in [0, 0.1) is 18.3 Å². The van der Waals surface area contributed by atoms with Gasteiger partial charge in [-0.15, -0.1) is 0 Å². The Morgan fingerprint density at radius 1 is 1.28 bits per heavy atom.